The molecule has 1 aliphatic rings. The van der Waals surface area contributed by atoms with Crippen molar-refractivity contribution in [2.45, 2.75) is 11.7 Å². The van der Waals surface area contributed by atoms with E-state index in [1.807, 2.05) is 0 Å². The summed E-state index contributed by atoms with van der Waals surface area (Å²) < 4.78 is 39.2. The third-order valence-electron chi connectivity index (χ3n) is 3.07. The molecule has 0 radical (unpaired) electrons. The lowest BCUT2D eigenvalue weighted by Gasteiger charge is -2.16. The van der Waals surface area contributed by atoms with Gasteiger partial charge < -0.3 is 9.64 Å². The second-order valence-electron chi connectivity index (χ2n) is 4.35. The van der Waals surface area contributed by atoms with Gasteiger partial charge in [0.1, 0.15) is 5.25 Å². The van der Waals surface area contributed by atoms with E-state index in [9.17, 15) is 21.9 Å². The van der Waals surface area contributed by atoms with Crippen LogP contribution >= 0.6 is 0 Å². The molecule has 0 N–H and O–H groups in total. The molecule has 20 heavy (non-hydrogen) atoms. The summed E-state index contributed by atoms with van der Waals surface area (Å²) in [5.41, 5.74) is 0.563. The molecule has 1 amide bonds. The van der Waals surface area contributed by atoms with Gasteiger partial charge in [-0.25, -0.2) is 4.79 Å². The molecule has 2 rings (SSSR count). The molecule has 0 saturated carbocycles. The molecule has 0 aromatic heterocycles. The van der Waals surface area contributed by atoms with E-state index in [2.05, 4.69) is 4.74 Å². The Morgan fingerprint density at radius 3 is 2.70 bits per heavy atom. The van der Waals surface area contributed by atoms with E-state index in [0.29, 0.717) is 5.69 Å². The van der Waals surface area contributed by atoms with Crippen LogP contribution in [0.3, 0.4) is 0 Å². The van der Waals surface area contributed by atoms with Gasteiger partial charge in [-0.1, -0.05) is 6.07 Å². The molecule has 0 spiro atoms. The number of anilines is 1. The molecule has 1 fully saturated rings. The smallest absolute Gasteiger partial charge is 0.337 e. The number of halogens is 1. The van der Waals surface area contributed by atoms with Crippen molar-refractivity contribution in [1.82, 2.24) is 0 Å². The predicted octanol–water partition coefficient (Wildman–Crippen LogP) is 0.878. The highest BCUT2D eigenvalue weighted by molar-refractivity contribution is 7.87. The maximum absolute atomic E-state index is 12.9. The number of carbonyl (C=O) groups is 2. The number of nitrogens with zero attached hydrogens (tertiary/aromatic N) is 1. The van der Waals surface area contributed by atoms with Gasteiger partial charge >= 0.3 is 16.2 Å². The van der Waals surface area contributed by atoms with Crippen molar-refractivity contribution in [3.8, 4) is 0 Å². The minimum absolute atomic E-state index is 0.226. The van der Waals surface area contributed by atoms with Gasteiger partial charge in [0.15, 0.2) is 0 Å². The Bertz CT molecular complexity index is 658. The monoisotopic (exact) mass is 301 g/mol. The number of amides is 1. The molecule has 0 bridgehead atoms. The van der Waals surface area contributed by atoms with E-state index >= 15 is 0 Å². The van der Waals surface area contributed by atoms with Crippen LogP contribution in [0.2, 0.25) is 0 Å². The molecule has 8 heteroatoms. The summed E-state index contributed by atoms with van der Waals surface area (Å²) in [6.45, 7) is -0.262. The third-order valence-corrected chi connectivity index (χ3v) is 4.18. The van der Waals surface area contributed by atoms with Crippen LogP contribution in [0.5, 0.6) is 0 Å². The largest absolute Gasteiger partial charge is 0.465 e. The number of rotatable bonds is 3. The molecule has 108 valence electrons. The van der Waals surface area contributed by atoms with Crippen LogP contribution < -0.4 is 4.90 Å². The highest BCUT2D eigenvalue weighted by Gasteiger charge is 2.39. The van der Waals surface area contributed by atoms with Crippen molar-refractivity contribution in [2.24, 2.45) is 0 Å². The van der Waals surface area contributed by atoms with Crippen LogP contribution in [0.1, 0.15) is 16.8 Å². The Balaban J connectivity index is 2.29. The van der Waals surface area contributed by atoms with Crippen molar-refractivity contribution >= 4 is 27.8 Å². The fourth-order valence-electron chi connectivity index (χ4n) is 2.03. The summed E-state index contributed by atoms with van der Waals surface area (Å²) in [6, 6.07) is 5.97. The van der Waals surface area contributed by atoms with Gasteiger partial charge in [-0.2, -0.15) is 8.42 Å². The summed E-state index contributed by atoms with van der Waals surface area (Å²) in [7, 11) is -3.54. The molecule has 1 unspecified atom stereocenters. The van der Waals surface area contributed by atoms with E-state index in [-0.39, 0.29) is 12.1 Å². The number of hydrogen-bond acceptors (Lipinski definition) is 5. The second-order valence-corrected chi connectivity index (χ2v) is 5.97. The van der Waals surface area contributed by atoms with Crippen LogP contribution in [0, 0.1) is 0 Å². The van der Waals surface area contributed by atoms with E-state index in [4.69, 9.17) is 0 Å². The minimum atomic E-state index is -4.76. The molecule has 1 aromatic rings. The normalized spacial score (nSPS) is 19.2. The van der Waals surface area contributed by atoms with Gasteiger partial charge in [-0.15, -0.1) is 3.89 Å². The number of hydrogen-bond donors (Lipinski definition) is 0. The van der Waals surface area contributed by atoms with Crippen molar-refractivity contribution in [2.75, 3.05) is 18.6 Å². The average molecular weight is 301 g/mol. The first-order valence-electron chi connectivity index (χ1n) is 5.75. The van der Waals surface area contributed by atoms with E-state index in [1.165, 1.54) is 31.4 Å². The average Bonchev–Trinajstić information content (AvgIpc) is 2.80. The van der Waals surface area contributed by atoms with Gasteiger partial charge in [-0.3, -0.25) is 4.79 Å². The van der Waals surface area contributed by atoms with Crippen LogP contribution in [-0.4, -0.2) is 39.2 Å². The van der Waals surface area contributed by atoms with Gasteiger partial charge in [0.05, 0.1) is 12.7 Å². The summed E-state index contributed by atoms with van der Waals surface area (Å²) in [5, 5.41) is -1.36. The Labute approximate surface area is 115 Å². The topological polar surface area (TPSA) is 80.8 Å². The predicted molar refractivity (Wildman–Crippen MR) is 68.6 cm³/mol. The highest BCUT2D eigenvalue weighted by Crippen LogP contribution is 2.26. The van der Waals surface area contributed by atoms with Crippen LogP contribution in [0.4, 0.5) is 9.57 Å². The quantitative estimate of drug-likeness (QED) is 0.611. The van der Waals surface area contributed by atoms with Gasteiger partial charge in [0, 0.05) is 18.7 Å². The second kappa shape index (κ2) is 5.20. The number of esters is 1. The Morgan fingerprint density at radius 1 is 1.45 bits per heavy atom. The van der Waals surface area contributed by atoms with Crippen molar-refractivity contribution in [1.29, 1.82) is 0 Å². The fraction of sp³-hybridized carbons (Fsp3) is 0.333. The first kappa shape index (κ1) is 14.4. The summed E-state index contributed by atoms with van der Waals surface area (Å²) in [5.74, 6) is -1.08. The van der Waals surface area contributed by atoms with E-state index in [0.717, 1.165) is 4.90 Å². The lowest BCUT2D eigenvalue weighted by atomic mass is 10.2. The van der Waals surface area contributed by atoms with E-state index in [1.54, 1.807) is 0 Å². The molecular formula is C12H12FNO5S. The SMILES string of the molecule is COC(=O)c1cccc(N2CC(S(=O)(=O)F)CC2=O)c1. The Morgan fingerprint density at radius 2 is 2.15 bits per heavy atom. The summed E-state index contributed by atoms with van der Waals surface area (Å²) >= 11 is 0. The summed E-state index contributed by atoms with van der Waals surface area (Å²) in [6.07, 6.45) is -0.402. The number of benzene rings is 1. The molecule has 6 nitrogen and oxygen atoms in total. The standard InChI is InChI=1S/C12H12FNO5S/c1-19-12(16)8-3-2-4-9(5-8)14-7-10(6-11(14)15)20(13,17)18/h2-5,10H,6-7H2,1H3. The van der Waals surface area contributed by atoms with Crippen molar-refractivity contribution in [3.63, 3.8) is 0 Å². The lowest BCUT2D eigenvalue weighted by molar-refractivity contribution is -0.117. The zero-order valence-corrected chi connectivity index (χ0v) is 11.4. The maximum atomic E-state index is 12.9. The minimum Gasteiger partial charge on any atom is -0.465 e. The first-order chi connectivity index (χ1) is 9.32. The van der Waals surface area contributed by atoms with Crippen LogP contribution in [0.15, 0.2) is 24.3 Å². The maximum Gasteiger partial charge on any atom is 0.337 e. The van der Waals surface area contributed by atoms with Gasteiger partial charge in [0.2, 0.25) is 5.91 Å². The lowest BCUT2D eigenvalue weighted by Crippen LogP contribution is -2.27. The highest BCUT2D eigenvalue weighted by atomic mass is 32.3. The fourth-order valence-corrected chi connectivity index (χ4v) is 2.70. The molecule has 1 aromatic carbocycles. The molecule has 1 aliphatic heterocycles. The third kappa shape index (κ3) is 2.79. The molecule has 1 heterocycles. The number of ether oxygens (including phenoxy) is 1. The van der Waals surface area contributed by atoms with Crippen LogP contribution in [0.25, 0.3) is 0 Å². The zero-order chi connectivity index (χ0) is 14.9. The van der Waals surface area contributed by atoms with Crippen LogP contribution in [-0.2, 0) is 19.8 Å². The molecule has 0 aliphatic carbocycles. The number of methoxy groups -OCH3 is 1. The van der Waals surface area contributed by atoms with Gasteiger partial charge in [0.25, 0.3) is 0 Å². The van der Waals surface area contributed by atoms with Crippen molar-refractivity contribution in [3.05, 3.63) is 29.8 Å². The zero-order valence-electron chi connectivity index (χ0n) is 10.6. The summed E-state index contributed by atoms with van der Waals surface area (Å²) in [4.78, 5) is 24.3. The van der Waals surface area contributed by atoms with Crippen molar-refractivity contribution < 1.29 is 26.6 Å². The van der Waals surface area contributed by atoms with Gasteiger partial charge in [-0.05, 0) is 18.2 Å². The first-order valence-corrected chi connectivity index (χ1v) is 7.20. The molecule has 1 atom stereocenters. The molecule has 1 saturated heterocycles. The van der Waals surface area contributed by atoms with E-state index < -0.39 is 33.8 Å². The Hall–Kier alpha value is -1.96. The number of carbonyl (C=O) groups excluding carboxylic acids is 2. The molecular weight excluding hydrogens is 289 g/mol. The Kier molecular flexibility index (Phi) is 3.76.